The van der Waals surface area contributed by atoms with Crippen LogP contribution in [0.1, 0.15) is 11.1 Å². The maximum Gasteiger partial charge on any atom is 0.219 e. The first-order valence-corrected chi connectivity index (χ1v) is 6.54. The number of aliphatic hydroxyl groups is 1. The van der Waals surface area contributed by atoms with Gasteiger partial charge in [-0.2, -0.15) is 0 Å². The molecule has 19 heavy (non-hydrogen) atoms. The number of aliphatic hydroxyl groups excluding tert-OH is 1. The highest BCUT2D eigenvalue weighted by Gasteiger charge is 2.07. The number of halogens is 1. The van der Waals surface area contributed by atoms with E-state index in [9.17, 15) is 5.11 Å². The number of nitrogens with zero attached hydrogens (tertiary/aromatic N) is 1. The van der Waals surface area contributed by atoms with Crippen LogP contribution in [0.15, 0.2) is 41.0 Å². The van der Waals surface area contributed by atoms with Gasteiger partial charge in [0, 0.05) is 16.2 Å². The van der Waals surface area contributed by atoms with Crippen LogP contribution in [0.5, 0.6) is 11.6 Å². The Morgan fingerprint density at radius 3 is 2.84 bits per heavy atom. The average molecular weight is 324 g/mol. The van der Waals surface area contributed by atoms with Gasteiger partial charge in [-0.1, -0.05) is 15.9 Å². The Morgan fingerprint density at radius 2 is 2.11 bits per heavy atom. The van der Waals surface area contributed by atoms with Gasteiger partial charge < -0.3 is 14.6 Å². The largest absolute Gasteiger partial charge is 0.488 e. The highest BCUT2D eigenvalue weighted by atomic mass is 79.9. The zero-order valence-corrected chi connectivity index (χ0v) is 12.1. The molecule has 0 saturated carbocycles. The summed E-state index contributed by atoms with van der Waals surface area (Å²) in [5.41, 5.74) is 1.59. The first-order valence-electron chi connectivity index (χ1n) is 5.74. The second-order valence-corrected chi connectivity index (χ2v) is 4.79. The van der Waals surface area contributed by atoms with Crippen molar-refractivity contribution < 1.29 is 14.6 Å². The van der Waals surface area contributed by atoms with Gasteiger partial charge in [0.2, 0.25) is 5.88 Å². The summed E-state index contributed by atoms with van der Waals surface area (Å²) >= 11 is 3.36. The Balaban J connectivity index is 2.14. The molecule has 0 bridgehead atoms. The Bertz CT molecular complexity index is 560. The predicted octanol–water partition coefficient (Wildman–Crippen LogP) is 2.92. The van der Waals surface area contributed by atoms with Crippen molar-refractivity contribution >= 4 is 15.9 Å². The predicted molar refractivity (Wildman–Crippen MR) is 75.2 cm³/mol. The molecule has 1 heterocycles. The number of hydrogen-bond acceptors (Lipinski definition) is 4. The first kappa shape index (κ1) is 13.8. The highest BCUT2D eigenvalue weighted by molar-refractivity contribution is 9.10. The quantitative estimate of drug-likeness (QED) is 0.919. The van der Waals surface area contributed by atoms with Crippen LogP contribution in [-0.4, -0.2) is 17.2 Å². The van der Waals surface area contributed by atoms with Gasteiger partial charge in [0.25, 0.3) is 0 Å². The highest BCUT2D eigenvalue weighted by Crippen LogP contribution is 2.25. The van der Waals surface area contributed by atoms with Crippen molar-refractivity contribution in [3.8, 4) is 11.6 Å². The summed E-state index contributed by atoms with van der Waals surface area (Å²) in [4.78, 5) is 4.11. The molecule has 2 aromatic rings. The molecule has 0 aliphatic rings. The monoisotopic (exact) mass is 323 g/mol. The molecule has 0 fully saturated rings. The third-order valence-corrected chi connectivity index (χ3v) is 3.11. The molecule has 0 saturated heterocycles. The van der Waals surface area contributed by atoms with Gasteiger partial charge in [-0.05, 0) is 30.3 Å². The minimum absolute atomic E-state index is 0.0705. The molecule has 0 aliphatic heterocycles. The van der Waals surface area contributed by atoms with E-state index >= 15 is 0 Å². The lowest BCUT2D eigenvalue weighted by Gasteiger charge is -2.12. The lowest BCUT2D eigenvalue weighted by atomic mass is 10.2. The molecule has 0 aliphatic carbocycles. The van der Waals surface area contributed by atoms with Gasteiger partial charge in [0.1, 0.15) is 12.4 Å². The number of methoxy groups -OCH3 is 1. The topological polar surface area (TPSA) is 51.6 Å². The van der Waals surface area contributed by atoms with Crippen LogP contribution in [0, 0.1) is 0 Å². The van der Waals surface area contributed by atoms with E-state index in [0.29, 0.717) is 18.2 Å². The van der Waals surface area contributed by atoms with E-state index in [1.165, 1.54) is 0 Å². The molecular weight excluding hydrogens is 310 g/mol. The van der Waals surface area contributed by atoms with Gasteiger partial charge in [-0.25, -0.2) is 4.98 Å². The van der Waals surface area contributed by atoms with Crippen molar-refractivity contribution in [2.75, 3.05) is 7.11 Å². The van der Waals surface area contributed by atoms with Crippen LogP contribution in [0.4, 0.5) is 0 Å². The standard InChI is InChI=1S/C14H14BrNO3/c1-18-14-10(3-2-6-16-14)9-19-13-5-4-12(15)7-11(13)8-17/h2-7,17H,8-9H2,1H3. The molecule has 1 N–H and O–H groups in total. The lowest BCUT2D eigenvalue weighted by Crippen LogP contribution is -2.02. The minimum atomic E-state index is -0.0705. The van der Waals surface area contributed by atoms with Gasteiger partial charge in [-0.3, -0.25) is 0 Å². The van der Waals surface area contributed by atoms with Crippen LogP contribution in [0.25, 0.3) is 0 Å². The molecular formula is C14H14BrNO3. The van der Waals surface area contributed by atoms with Crippen molar-refractivity contribution in [1.82, 2.24) is 4.98 Å². The van der Waals surface area contributed by atoms with E-state index in [1.54, 1.807) is 13.3 Å². The number of pyridine rings is 1. The van der Waals surface area contributed by atoms with Gasteiger partial charge in [-0.15, -0.1) is 0 Å². The van der Waals surface area contributed by atoms with Crippen LogP contribution in [0.3, 0.4) is 0 Å². The molecule has 1 aromatic carbocycles. The summed E-state index contributed by atoms with van der Waals surface area (Å²) in [7, 11) is 1.57. The van der Waals surface area contributed by atoms with E-state index in [2.05, 4.69) is 20.9 Å². The Kier molecular flexibility index (Phi) is 4.76. The number of ether oxygens (including phenoxy) is 2. The van der Waals surface area contributed by atoms with Crippen molar-refractivity contribution in [3.05, 3.63) is 52.1 Å². The third kappa shape index (κ3) is 3.45. The fraction of sp³-hybridized carbons (Fsp3) is 0.214. The second kappa shape index (κ2) is 6.54. The maximum atomic E-state index is 9.30. The van der Waals surface area contributed by atoms with Gasteiger partial charge in [0.05, 0.1) is 19.3 Å². The molecule has 0 spiro atoms. The summed E-state index contributed by atoms with van der Waals surface area (Å²) in [6, 6.07) is 9.24. The molecule has 2 rings (SSSR count). The van der Waals surface area contributed by atoms with E-state index in [-0.39, 0.29) is 6.61 Å². The zero-order chi connectivity index (χ0) is 13.7. The zero-order valence-electron chi connectivity index (χ0n) is 10.5. The molecule has 100 valence electrons. The summed E-state index contributed by atoms with van der Waals surface area (Å²) in [5, 5.41) is 9.30. The Labute approximate surface area is 120 Å². The van der Waals surface area contributed by atoms with E-state index in [1.807, 2.05) is 30.3 Å². The molecule has 0 atom stereocenters. The molecule has 4 nitrogen and oxygen atoms in total. The fourth-order valence-corrected chi connectivity index (χ4v) is 2.09. The van der Waals surface area contributed by atoms with Gasteiger partial charge in [0.15, 0.2) is 0 Å². The second-order valence-electron chi connectivity index (χ2n) is 3.87. The fourth-order valence-electron chi connectivity index (χ4n) is 1.69. The maximum absolute atomic E-state index is 9.30. The van der Waals surface area contributed by atoms with Crippen LogP contribution >= 0.6 is 15.9 Å². The van der Waals surface area contributed by atoms with Crippen LogP contribution < -0.4 is 9.47 Å². The van der Waals surface area contributed by atoms with Crippen molar-refractivity contribution in [1.29, 1.82) is 0 Å². The Hall–Kier alpha value is -1.59. The lowest BCUT2D eigenvalue weighted by molar-refractivity contribution is 0.256. The van der Waals surface area contributed by atoms with E-state index in [0.717, 1.165) is 15.6 Å². The van der Waals surface area contributed by atoms with Crippen molar-refractivity contribution in [3.63, 3.8) is 0 Å². The molecule has 0 radical (unpaired) electrons. The summed E-state index contributed by atoms with van der Waals surface area (Å²) in [6.07, 6.45) is 1.67. The van der Waals surface area contributed by atoms with E-state index < -0.39 is 0 Å². The third-order valence-electron chi connectivity index (χ3n) is 2.62. The van der Waals surface area contributed by atoms with Gasteiger partial charge >= 0.3 is 0 Å². The van der Waals surface area contributed by atoms with Crippen molar-refractivity contribution in [2.24, 2.45) is 0 Å². The molecule has 0 amide bonds. The summed E-state index contributed by atoms with van der Waals surface area (Å²) < 4.78 is 11.8. The summed E-state index contributed by atoms with van der Waals surface area (Å²) in [6.45, 7) is 0.268. The number of benzene rings is 1. The summed E-state index contributed by atoms with van der Waals surface area (Å²) in [5.74, 6) is 1.20. The van der Waals surface area contributed by atoms with Crippen molar-refractivity contribution in [2.45, 2.75) is 13.2 Å². The molecule has 5 heteroatoms. The first-order chi connectivity index (χ1) is 9.24. The Morgan fingerprint density at radius 1 is 1.26 bits per heavy atom. The van der Waals surface area contributed by atoms with E-state index in [4.69, 9.17) is 9.47 Å². The van der Waals surface area contributed by atoms with Crippen LogP contribution in [-0.2, 0) is 13.2 Å². The molecule has 1 aromatic heterocycles. The number of rotatable bonds is 5. The average Bonchev–Trinajstić information content (AvgIpc) is 2.46. The minimum Gasteiger partial charge on any atom is -0.488 e. The number of aromatic nitrogens is 1. The van der Waals surface area contributed by atoms with Crippen LogP contribution in [0.2, 0.25) is 0 Å². The smallest absolute Gasteiger partial charge is 0.219 e. The number of hydrogen-bond donors (Lipinski definition) is 1. The molecule has 0 unspecified atom stereocenters. The SMILES string of the molecule is COc1ncccc1COc1ccc(Br)cc1CO. The normalized spacial score (nSPS) is 10.3.